The minimum absolute atomic E-state index is 0.345. The number of alkyl halides is 3. The zero-order valence-corrected chi connectivity index (χ0v) is 9.94. The van der Waals surface area contributed by atoms with Crippen molar-refractivity contribution in [1.82, 2.24) is 0 Å². The number of halogens is 3. The maximum absolute atomic E-state index is 9.53. The molecule has 0 aliphatic heterocycles. The van der Waals surface area contributed by atoms with Gasteiger partial charge in [0.05, 0.1) is 0 Å². The van der Waals surface area contributed by atoms with E-state index in [1.54, 1.807) is 0 Å². The van der Waals surface area contributed by atoms with E-state index in [2.05, 4.69) is 0 Å². The first-order valence-electron chi connectivity index (χ1n) is 4.20. The number of aliphatic hydroxyl groups excluding tert-OH is 1. The Morgan fingerprint density at radius 3 is 2.50 bits per heavy atom. The monoisotopic (exact) mass is 252 g/mol. The van der Waals surface area contributed by atoms with Crippen molar-refractivity contribution < 1.29 is 5.11 Å². The summed E-state index contributed by atoms with van der Waals surface area (Å²) < 4.78 is -1.62. The van der Waals surface area contributed by atoms with Crippen LogP contribution in [0.4, 0.5) is 0 Å². The Kier molecular flexibility index (Phi) is 4.08. The van der Waals surface area contributed by atoms with Gasteiger partial charge in [0.15, 0.2) is 0 Å². The van der Waals surface area contributed by atoms with Crippen LogP contribution in [0.25, 0.3) is 0 Å². The van der Waals surface area contributed by atoms with Gasteiger partial charge in [-0.25, -0.2) is 0 Å². The molecule has 0 aromatic heterocycles. The zero-order chi connectivity index (χ0) is 10.8. The fraction of sp³-hybridized carbons (Fsp3) is 0.400. The lowest BCUT2D eigenvalue weighted by atomic mass is 10.1. The summed E-state index contributed by atoms with van der Waals surface area (Å²) in [6.07, 6.45) is -0.632. The highest BCUT2D eigenvalue weighted by atomic mass is 35.6. The van der Waals surface area contributed by atoms with Crippen LogP contribution in [0, 0.1) is 6.92 Å². The van der Waals surface area contributed by atoms with Gasteiger partial charge in [0.25, 0.3) is 0 Å². The van der Waals surface area contributed by atoms with Gasteiger partial charge in [-0.05, 0) is 12.5 Å². The molecule has 1 aromatic rings. The topological polar surface area (TPSA) is 20.2 Å². The van der Waals surface area contributed by atoms with Crippen molar-refractivity contribution in [3.05, 3.63) is 35.4 Å². The lowest BCUT2D eigenvalue weighted by molar-refractivity contribution is 0.179. The Hall–Kier alpha value is 0.0500. The third-order valence-electron chi connectivity index (χ3n) is 1.89. The minimum Gasteiger partial charge on any atom is -0.388 e. The number of aliphatic hydroxyl groups is 1. The predicted molar refractivity (Wildman–Crippen MR) is 61.2 cm³/mol. The first-order chi connectivity index (χ1) is 6.39. The van der Waals surface area contributed by atoms with E-state index < -0.39 is 9.90 Å². The first kappa shape index (κ1) is 12.1. The van der Waals surface area contributed by atoms with Crippen LogP contribution in [0.1, 0.15) is 11.1 Å². The number of rotatable bonds is 2. The molecule has 0 bridgehead atoms. The molecule has 0 saturated carbocycles. The van der Waals surface area contributed by atoms with Crippen molar-refractivity contribution in [3.8, 4) is 0 Å². The number of benzene rings is 1. The van der Waals surface area contributed by atoms with Crippen LogP contribution in [0.5, 0.6) is 0 Å². The second-order valence-corrected chi connectivity index (χ2v) is 5.62. The summed E-state index contributed by atoms with van der Waals surface area (Å²) in [6, 6.07) is 7.74. The maximum Gasteiger partial charge on any atom is 0.216 e. The fourth-order valence-electron chi connectivity index (χ4n) is 1.18. The molecule has 78 valence electrons. The van der Waals surface area contributed by atoms with E-state index in [1.807, 2.05) is 31.2 Å². The van der Waals surface area contributed by atoms with Gasteiger partial charge in [0.2, 0.25) is 3.79 Å². The van der Waals surface area contributed by atoms with Crippen LogP contribution in [0.3, 0.4) is 0 Å². The lowest BCUT2D eigenvalue weighted by Gasteiger charge is -2.18. The van der Waals surface area contributed by atoms with Gasteiger partial charge in [-0.3, -0.25) is 0 Å². The summed E-state index contributed by atoms with van der Waals surface area (Å²) in [6.45, 7) is 1.98. The minimum atomic E-state index is -1.62. The van der Waals surface area contributed by atoms with E-state index in [0.717, 1.165) is 11.1 Å². The van der Waals surface area contributed by atoms with Crippen LogP contribution in [-0.4, -0.2) is 15.0 Å². The molecule has 1 nitrogen and oxygen atoms in total. The molecule has 1 N–H and O–H groups in total. The van der Waals surface area contributed by atoms with Crippen LogP contribution < -0.4 is 0 Å². The SMILES string of the molecule is Cc1cccc(CC(O)C(Cl)(Cl)Cl)c1. The van der Waals surface area contributed by atoms with Crippen molar-refractivity contribution in [2.45, 2.75) is 23.2 Å². The quantitative estimate of drug-likeness (QED) is 0.802. The smallest absolute Gasteiger partial charge is 0.216 e. The molecule has 1 unspecified atom stereocenters. The van der Waals surface area contributed by atoms with Crippen molar-refractivity contribution in [1.29, 1.82) is 0 Å². The molecule has 1 aromatic carbocycles. The van der Waals surface area contributed by atoms with E-state index >= 15 is 0 Å². The molecule has 0 aliphatic carbocycles. The third-order valence-corrected chi connectivity index (χ3v) is 2.65. The van der Waals surface area contributed by atoms with E-state index in [4.69, 9.17) is 34.8 Å². The molecule has 0 heterocycles. The highest BCUT2D eigenvalue weighted by Crippen LogP contribution is 2.31. The second-order valence-electron chi connectivity index (χ2n) is 3.25. The predicted octanol–water partition coefficient (Wildman–Crippen LogP) is 3.27. The number of hydrogen-bond acceptors (Lipinski definition) is 1. The van der Waals surface area contributed by atoms with Crippen LogP contribution in [0.2, 0.25) is 0 Å². The molecular formula is C10H11Cl3O. The molecule has 0 radical (unpaired) electrons. The van der Waals surface area contributed by atoms with Gasteiger partial charge in [-0.1, -0.05) is 64.6 Å². The normalized spacial score (nSPS) is 14.1. The Labute approximate surface area is 98.6 Å². The molecule has 0 aliphatic rings. The molecule has 1 rings (SSSR count). The fourth-order valence-corrected chi connectivity index (χ4v) is 1.41. The highest BCUT2D eigenvalue weighted by Gasteiger charge is 2.30. The molecule has 0 spiro atoms. The summed E-state index contributed by atoms with van der Waals surface area (Å²) >= 11 is 16.7. The Morgan fingerprint density at radius 1 is 1.36 bits per heavy atom. The van der Waals surface area contributed by atoms with Crippen LogP contribution in [0.15, 0.2) is 24.3 Å². The van der Waals surface area contributed by atoms with Gasteiger partial charge in [0, 0.05) is 6.42 Å². The van der Waals surface area contributed by atoms with Gasteiger partial charge in [0.1, 0.15) is 6.10 Å². The number of hydrogen-bond donors (Lipinski definition) is 1. The van der Waals surface area contributed by atoms with Gasteiger partial charge in [-0.2, -0.15) is 0 Å². The maximum atomic E-state index is 9.53. The Bertz CT molecular complexity index is 306. The van der Waals surface area contributed by atoms with Crippen molar-refractivity contribution >= 4 is 34.8 Å². The standard InChI is InChI=1S/C10H11Cl3O/c1-7-3-2-4-8(5-7)6-9(14)10(11,12)13/h2-5,9,14H,6H2,1H3. The van der Waals surface area contributed by atoms with Crippen molar-refractivity contribution in [3.63, 3.8) is 0 Å². The first-order valence-corrected chi connectivity index (χ1v) is 5.33. The van der Waals surface area contributed by atoms with E-state index in [-0.39, 0.29) is 0 Å². The molecule has 0 saturated heterocycles. The summed E-state index contributed by atoms with van der Waals surface area (Å²) in [4.78, 5) is 0. The average Bonchev–Trinajstić information content (AvgIpc) is 2.02. The third kappa shape index (κ3) is 3.66. The molecule has 14 heavy (non-hydrogen) atoms. The average molecular weight is 254 g/mol. The molecule has 4 heteroatoms. The van der Waals surface area contributed by atoms with Gasteiger partial charge in [-0.15, -0.1) is 0 Å². The summed E-state index contributed by atoms with van der Waals surface area (Å²) in [5.74, 6) is 0. The Morgan fingerprint density at radius 2 is 2.00 bits per heavy atom. The van der Waals surface area contributed by atoms with Gasteiger partial charge >= 0.3 is 0 Å². The molecule has 1 atom stereocenters. The zero-order valence-electron chi connectivity index (χ0n) is 7.67. The molecule has 0 fully saturated rings. The Balaban J connectivity index is 2.70. The highest BCUT2D eigenvalue weighted by molar-refractivity contribution is 6.68. The largest absolute Gasteiger partial charge is 0.388 e. The van der Waals surface area contributed by atoms with Crippen molar-refractivity contribution in [2.24, 2.45) is 0 Å². The van der Waals surface area contributed by atoms with E-state index in [1.165, 1.54) is 0 Å². The van der Waals surface area contributed by atoms with E-state index in [0.29, 0.717) is 6.42 Å². The summed E-state index contributed by atoms with van der Waals surface area (Å²) in [5.41, 5.74) is 2.09. The summed E-state index contributed by atoms with van der Waals surface area (Å²) in [7, 11) is 0. The lowest BCUT2D eigenvalue weighted by Crippen LogP contribution is -2.27. The summed E-state index contributed by atoms with van der Waals surface area (Å²) in [5, 5.41) is 9.53. The molecule has 0 amide bonds. The van der Waals surface area contributed by atoms with Crippen molar-refractivity contribution in [2.75, 3.05) is 0 Å². The van der Waals surface area contributed by atoms with Gasteiger partial charge < -0.3 is 5.11 Å². The number of aryl methyl sites for hydroxylation is 1. The van der Waals surface area contributed by atoms with E-state index in [9.17, 15) is 5.11 Å². The second kappa shape index (κ2) is 4.71. The molecular weight excluding hydrogens is 242 g/mol. The van der Waals surface area contributed by atoms with Crippen LogP contribution in [-0.2, 0) is 6.42 Å². The van der Waals surface area contributed by atoms with Crippen LogP contribution >= 0.6 is 34.8 Å².